The Hall–Kier alpha value is -2.83. The Morgan fingerprint density at radius 2 is 1.83 bits per heavy atom. The third-order valence-electron chi connectivity index (χ3n) is 4.01. The monoisotopic (exact) mass is 317 g/mol. The predicted molar refractivity (Wildman–Crippen MR) is 78.8 cm³/mol. The lowest BCUT2D eigenvalue weighted by Gasteiger charge is -2.18. The summed E-state index contributed by atoms with van der Waals surface area (Å²) in [5, 5.41) is 0. The number of carbonyl (C=O) groups excluding carboxylic acids is 1. The zero-order valence-corrected chi connectivity index (χ0v) is 11.9. The molecule has 0 aliphatic carbocycles. The van der Waals surface area contributed by atoms with Crippen LogP contribution in [0.1, 0.15) is 15.9 Å². The lowest BCUT2D eigenvalue weighted by Crippen LogP contribution is -2.26. The second kappa shape index (κ2) is 4.34. The van der Waals surface area contributed by atoms with Crippen LogP contribution in [0.15, 0.2) is 42.7 Å². The standard InChI is InChI=1S/C16H10F3N3O/c1-21-13-7-9(16(17,18)19)6-11-14(13)22(8-20-11)12-5-3-2-4-10(12)15(21)23/h2-8H,1H3. The van der Waals surface area contributed by atoms with Crippen LogP contribution in [-0.2, 0) is 6.18 Å². The molecule has 0 atom stereocenters. The largest absolute Gasteiger partial charge is 0.416 e. The molecule has 0 fully saturated rings. The number of nitrogens with zero attached hydrogens (tertiary/aromatic N) is 3. The van der Waals surface area contributed by atoms with E-state index >= 15 is 0 Å². The van der Waals surface area contributed by atoms with E-state index < -0.39 is 11.7 Å². The van der Waals surface area contributed by atoms with Crippen LogP contribution in [0.5, 0.6) is 0 Å². The minimum absolute atomic E-state index is 0.188. The van der Waals surface area contributed by atoms with Crippen molar-refractivity contribution in [2.75, 3.05) is 11.9 Å². The first-order chi connectivity index (χ1) is 10.9. The highest BCUT2D eigenvalue weighted by Gasteiger charge is 2.34. The van der Waals surface area contributed by atoms with Crippen molar-refractivity contribution in [1.29, 1.82) is 0 Å². The highest BCUT2D eigenvalue weighted by molar-refractivity contribution is 6.13. The summed E-state index contributed by atoms with van der Waals surface area (Å²) in [6.45, 7) is 0. The van der Waals surface area contributed by atoms with Gasteiger partial charge in [0, 0.05) is 7.05 Å². The first-order valence-corrected chi connectivity index (χ1v) is 6.83. The molecule has 0 saturated heterocycles. The highest BCUT2D eigenvalue weighted by atomic mass is 19.4. The molecule has 0 saturated carbocycles. The number of hydrogen-bond acceptors (Lipinski definition) is 2. The summed E-state index contributed by atoms with van der Waals surface area (Å²) in [5.74, 6) is -0.357. The summed E-state index contributed by atoms with van der Waals surface area (Å²) in [4.78, 5) is 17.9. The predicted octanol–water partition coefficient (Wildman–Crippen LogP) is 3.63. The summed E-state index contributed by atoms with van der Waals surface area (Å²) < 4.78 is 41.0. The first-order valence-electron chi connectivity index (χ1n) is 6.83. The van der Waals surface area contributed by atoms with Gasteiger partial charge >= 0.3 is 6.18 Å². The number of rotatable bonds is 0. The molecule has 0 radical (unpaired) electrons. The quantitative estimate of drug-likeness (QED) is 0.635. The van der Waals surface area contributed by atoms with Crippen LogP contribution < -0.4 is 4.90 Å². The molecule has 2 aromatic carbocycles. The van der Waals surface area contributed by atoms with Gasteiger partial charge in [0.05, 0.1) is 33.5 Å². The molecule has 0 N–H and O–H groups in total. The molecule has 1 aliphatic rings. The lowest BCUT2D eigenvalue weighted by atomic mass is 10.1. The average Bonchev–Trinajstić information content (AvgIpc) is 2.92. The molecular weight excluding hydrogens is 307 g/mol. The molecule has 3 aromatic rings. The molecule has 2 heterocycles. The number of imidazole rings is 1. The van der Waals surface area contributed by atoms with Gasteiger partial charge in [-0.2, -0.15) is 13.2 Å². The van der Waals surface area contributed by atoms with Gasteiger partial charge in [0.1, 0.15) is 6.33 Å². The molecular formula is C16H10F3N3O. The maximum Gasteiger partial charge on any atom is 0.416 e. The Labute approximate surface area is 128 Å². The zero-order valence-electron chi connectivity index (χ0n) is 11.9. The first kappa shape index (κ1) is 13.8. The van der Waals surface area contributed by atoms with Crippen molar-refractivity contribution >= 4 is 22.6 Å². The summed E-state index contributed by atoms with van der Waals surface area (Å²) in [6, 6.07) is 8.88. The smallest absolute Gasteiger partial charge is 0.309 e. The molecule has 116 valence electrons. The number of fused-ring (bicyclic) bond motifs is 2. The van der Waals surface area contributed by atoms with E-state index in [9.17, 15) is 18.0 Å². The SMILES string of the molecule is CN1C(=O)c2ccccc2-n2cnc3cc(C(F)(F)F)cc1c32. The number of aromatic nitrogens is 2. The van der Waals surface area contributed by atoms with Crippen LogP contribution >= 0.6 is 0 Å². The number of anilines is 1. The van der Waals surface area contributed by atoms with Gasteiger partial charge in [-0.05, 0) is 24.3 Å². The lowest BCUT2D eigenvalue weighted by molar-refractivity contribution is -0.137. The molecule has 7 heteroatoms. The van der Waals surface area contributed by atoms with Crippen LogP contribution in [0.2, 0.25) is 0 Å². The Morgan fingerprint density at radius 1 is 1.09 bits per heavy atom. The molecule has 0 bridgehead atoms. The van der Waals surface area contributed by atoms with Gasteiger partial charge in [-0.1, -0.05) is 12.1 Å². The second-order valence-corrected chi connectivity index (χ2v) is 5.36. The van der Waals surface area contributed by atoms with Crippen molar-refractivity contribution < 1.29 is 18.0 Å². The van der Waals surface area contributed by atoms with Gasteiger partial charge in [0.15, 0.2) is 0 Å². The van der Waals surface area contributed by atoms with E-state index in [0.29, 0.717) is 16.8 Å². The molecule has 1 aliphatic heterocycles. The maximum absolute atomic E-state index is 13.1. The second-order valence-electron chi connectivity index (χ2n) is 5.36. The van der Waals surface area contributed by atoms with Gasteiger partial charge in [-0.15, -0.1) is 0 Å². The summed E-state index contributed by atoms with van der Waals surface area (Å²) in [5.41, 5.74) is 1.07. The van der Waals surface area contributed by atoms with Crippen molar-refractivity contribution in [3.05, 3.63) is 53.9 Å². The highest BCUT2D eigenvalue weighted by Crippen LogP contribution is 2.39. The van der Waals surface area contributed by atoms with Gasteiger partial charge in [-0.25, -0.2) is 4.98 Å². The number of carbonyl (C=O) groups is 1. The fourth-order valence-electron chi connectivity index (χ4n) is 2.88. The van der Waals surface area contributed by atoms with Crippen molar-refractivity contribution in [1.82, 2.24) is 9.55 Å². The van der Waals surface area contributed by atoms with E-state index in [4.69, 9.17) is 0 Å². The Kier molecular flexibility index (Phi) is 2.61. The fourth-order valence-corrected chi connectivity index (χ4v) is 2.88. The summed E-state index contributed by atoms with van der Waals surface area (Å²) in [6.07, 6.45) is -3.06. The van der Waals surface area contributed by atoms with E-state index in [2.05, 4.69) is 4.98 Å². The number of halogens is 3. The molecule has 1 aromatic heterocycles. The molecule has 4 nitrogen and oxygen atoms in total. The van der Waals surface area contributed by atoms with Crippen molar-refractivity contribution in [2.24, 2.45) is 0 Å². The molecule has 0 spiro atoms. The third-order valence-corrected chi connectivity index (χ3v) is 4.01. The molecule has 4 rings (SSSR count). The van der Waals surface area contributed by atoms with Crippen LogP contribution in [-0.4, -0.2) is 22.5 Å². The van der Waals surface area contributed by atoms with E-state index in [1.54, 1.807) is 28.8 Å². The summed E-state index contributed by atoms with van der Waals surface area (Å²) >= 11 is 0. The van der Waals surface area contributed by atoms with E-state index in [-0.39, 0.29) is 17.1 Å². The summed E-state index contributed by atoms with van der Waals surface area (Å²) in [7, 11) is 1.47. The van der Waals surface area contributed by atoms with Gasteiger partial charge < -0.3 is 4.90 Å². The van der Waals surface area contributed by atoms with Gasteiger partial charge in [0.25, 0.3) is 5.91 Å². The minimum Gasteiger partial charge on any atom is -0.309 e. The molecule has 1 amide bonds. The Bertz CT molecular complexity index is 959. The maximum atomic E-state index is 13.1. The van der Waals surface area contributed by atoms with Crippen molar-refractivity contribution in [3.63, 3.8) is 0 Å². The minimum atomic E-state index is -4.50. The van der Waals surface area contributed by atoms with Crippen molar-refractivity contribution in [2.45, 2.75) is 6.18 Å². The topological polar surface area (TPSA) is 38.1 Å². The van der Waals surface area contributed by atoms with E-state index in [1.807, 2.05) is 0 Å². The normalized spacial score (nSPS) is 14.1. The number of hydrogen-bond donors (Lipinski definition) is 0. The molecule has 23 heavy (non-hydrogen) atoms. The number of benzene rings is 2. The Balaban J connectivity index is 2.12. The number of alkyl halides is 3. The number of para-hydroxylation sites is 1. The van der Waals surface area contributed by atoms with Gasteiger partial charge in [0.2, 0.25) is 0 Å². The fraction of sp³-hybridized carbons (Fsp3) is 0.125. The van der Waals surface area contributed by atoms with Gasteiger partial charge in [-0.3, -0.25) is 9.36 Å². The van der Waals surface area contributed by atoms with Crippen LogP contribution in [0.4, 0.5) is 18.9 Å². The molecule has 0 unspecified atom stereocenters. The van der Waals surface area contributed by atoms with E-state index in [0.717, 1.165) is 12.1 Å². The number of amides is 1. The third kappa shape index (κ3) is 1.86. The van der Waals surface area contributed by atoms with Crippen LogP contribution in [0.3, 0.4) is 0 Å². The average molecular weight is 317 g/mol. The van der Waals surface area contributed by atoms with Crippen LogP contribution in [0.25, 0.3) is 16.7 Å². The van der Waals surface area contributed by atoms with E-state index in [1.165, 1.54) is 18.3 Å². The van der Waals surface area contributed by atoms with Crippen molar-refractivity contribution in [3.8, 4) is 5.69 Å². The Morgan fingerprint density at radius 3 is 2.57 bits per heavy atom. The van der Waals surface area contributed by atoms with Crippen LogP contribution in [0, 0.1) is 0 Å². The zero-order chi connectivity index (χ0) is 16.4.